The van der Waals surface area contributed by atoms with Crippen LogP contribution in [-0.2, 0) is 18.4 Å². The molecule has 0 radical (unpaired) electrons. The van der Waals surface area contributed by atoms with Crippen LogP contribution >= 0.6 is 7.82 Å². The second-order valence-corrected chi connectivity index (χ2v) is 4.44. The molecule has 17 heavy (non-hydrogen) atoms. The van der Waals surface area contributed by atoms with Gasteiger partial charge in [-0.1, -0.05) is 6.58 Å². The van der Waals surface area contributed by atoms with Crippen molar-refractivity contribution in [2.45, 2.75) is 12.2 Å². The maximum Gasteiger partial charge on any atom is 0.473 e. The van der Waals surface area contributed by atoms with Crippen molar-refractivity contribution in [3.8, 4) is 0 Å². The number of carbonyl (C=O) groups excluding carboxylic acids is 1. The summed E-state index contributed by atoms with van der Waals surface area (Å²) in [5.74, 6) is -0.659. The Bertz CT molecular complexity index is 308. The lowest BCUT2D eigenvalue weighted by Crippen LogP contribution is -2.31. The summed E-state index contributed by atoms with van der Waals surface area (Å²) < 4.78 is 20.1. The molecule has 0 bridgehead atoms. The van der Waals surface area contributed by atoms with E-state index in [9.17, 15) is 14.3 Å². The molecular weight excluding hydrogens is 253 g/mol. The van der Waals surface area contributed by atoms with Crippen LogP contribution in [0.2, 0.25) is 0 Å². The Morgan fingerprint density at radius 1 is 1.59 bits per heavy atom. The second kappa shape index (κ2) is 7.67. The molecule has 9 heteroatoms. The van der Waals surface area contributed by atoms with Crippen molar-refractivity contribution < 1.29 is 33.5 Å². The van der Waals surface area contributed by atoms with E-state index in [1.165, 1.54) is 0 Å². The van der Waals surface area contributed by atoms with Gasteiger partial charge in [0.1, 0.15) is 12.2 Å². The first kappa shape index (κ1) is 16.4. The summed E-state index contributed by atoms with van der Waals surface area (Å²) in [6, 6.07) is 0. The van der Waals surface area contributed by atoms with Crippen molar-refractivity contribution >= 4 is 13.6 Å². The number of aliphatic hydroxyl groups is 2. The van der Waals surface area contributed by atoms with E-state index in [0.29, 0.717) is 0 Å². The van der Waals surface area contributed by atoms with Gasteiger partial charge in [0.2, 0.25) is 0 Å². The lowest BCUT2D eigenvalue weighted by atomic mass is 10.2. The van der Waals surface area contributed by atoms with E-state index < -0.39 is 39.0 Å². The zero-order chi connectivity index (χ0) is 13.5. The van der Waals surface area contributed by atoms with Crippen LogP contribution in [0.4, 0.5) is 0 Å². The van der Waals surface area contributed by atoms with Gasteiger partial charge in [0, 0.05) is 6.54 Å². The molecule has 0 saturated heterocycles. The van der Waals surface area contributed by atoms with Gasteiger partial charge in [-0.25, -0.2) is 4.57 Å². The molecule has 0 fully saturated rings. The highest BCUT2D eigenvalue weighted by Crippen LogP contribution is 2.44. The van der Waals surface area contributed by atoms with E-state index in [2.05, 4.69) is 15.6 Å². The highest BCUT2D eigenvalue weighted by molar-refractivity contribution is 7.47. The number of hydrogen-bond donors (Lipinski definition) is 4. The van der Waals surface area contributed by atoms with Gasteiger partial charge in [-0.05, 0) is 6.08 Å². The number of nitrogens with two attached hydrogens (primary N) is 1. The third-order valence-electron chi connectivity index (χ3n) is 1.63. The molecule has 8 nitrogen and oxygen atoms in total. The van der Waals surface area contributed by atoms with Gasteiger partial charge in [0.05, 0.1) is 13.2 Å². The average molecular weight is 269 g/mol. The number of phosphoric acid groups is 1. The minimum absolute atomic E-state index is 0.318. The van der Waals surface area contributed by atoms with E-state index in [4.69, 9.17) is 15.9 Å². The van der Waals surface area contributed by atoms with Gasteiger partial charge < -0.3 is 20.8 Å². The molecule has 0 aliphatic heterocycles. The van der Waals surface area contributed by atoms with Crippen LogP contribution in [0.5, 0.6) is 0 Å². The van der Waals surface area contributed by atoms with Crippen molar-refractivity contribution in [3.63, 3.8) is 0 Å². The summed E-state index contributed by atoms with van der Waals surface area (Å²) in [4.78, 5) is 20.3. The normalized spacial score (nSPS) is 18.1. The Labute approximate surface area is 98.3 Å². The lowest BCUT2D eigenvalue weighted by Gasteiger charge is -2.18. The maximum atomic E-state index is 11.3. The first-order valence-corrected chi connectivity index (χ1v) is 6.16. The van der Waals surface area contributed by atoms with E-state index in [1.807, 2.05) is 0 Å². The molecule has 0 saturated carbocycles. The molecule has 0 aromatic heterocycles. The first-order chi connectivity index (χ1) is 7.86. The first-order valence-electron chi connectivity index (χ1n) is 4.67. The lowest BCUT2D eigenvalue weighted by molar-refractivity contribution is -0.121. The molecule has 0 spiro atoms. The SMILES string of the molecule is C=CC(=O)C(CN)OP(=O)(O)OCC(O)CO. The Kier molecular flexibility index (Phi) is 7.40. The Balaban J connectivity index is 4.36. The highest BCUT2D eigenvalue weighted by Gasteiger charge is 2.29. The molecule has 3 unspecified atom stereocenters. The van der Waals surface area contributed by atoms with Gasteiger partial charge in [0.25, 0.3) is 0 Å². The molecule has 0 aromatic carbocycles. The van der Waals surface area contributed by atoms with Gasteiger partial charge in [-0.3, -0.25) is 13.8 Å². The smallest absolute Gasteiger partial charge is 0.394 e. The summed E-state index contributed by atoms with van der Waals surface area (Å²) in [7, 11) is -4.52. The Morgan fingerprint density at radius 3 is 2.59 bits per heavy atom. The van der Waals surface area contributed by atoms with Crippen molar-refractivity contribution in [2.75, 3.05) is 19.8 Å². The predicted molar refractivity (Wildman–Crippen MR) is 58.0 cm³/mol. The predicted octanol–water partition coefficient (Wildman–Crippen LogP) is -1.44. The third kappa shape index (κ3) is 6.64. The van der Waals surface area contributed by atoms with Crippen molar-refractivity contribution in [3.05, 3.63) is 12.7 Å². The summed E-state index contributed by atoms with van der Waals surface area (Å²) in [5.41, 5.74) is 5.17. The molecule has 0 aliphatic carbocycles. The van der Waals surface area contributed by atoms with Gasteiger partial charge in [-0.2, -0.15) is 0 Å². The minimum atomic E-state index is -4.52. The van der Waals surface area contributed by atoms with E-state index in [0.717, 1.165) is 6.08 Å². The quantitative estimate of drug-likeness (QED) is 0.294. The number of hydrogen-bond acceptors (Lipinski definition) is 7. The minimum Gasteiger partial charge on any atom is -0.394 e. The molecular formula is C8H16NO7P. The third-order valence-corrected chi connectivity index (χ3v) is 2.63. The second-order valence-electron chi connectivity index (χ2n) is 3.04. The van der Waals surface area contributed by atoms with Crippen molar-refractivity contribution in [1.82, 2.24) is 0 Å². The number of rotatable bonds is 9. The van der Waals surface area contributed by atoms with Crippen LogP contribution in [0.3, 0.4) is 0 Å². The summed E-state index contributed by atoms with van der Waals surface area (Å²) in [6.45, 7) is 1.62. The van der Waals surface area contributed by atoms with Gasteiger partial charge >= 0.3 is 7.82 Å². The molecule has 5 N–H and O–H groups in total. The monoisotopic (exact) mass is 269 g/mol. The summed E-state index contributed by atoms with van der Waals surface area (Å²) in [6.07, 6.45) is -1.75. The molecule has 0 aliphatic rings. The number of ketones is 1. The summed E-state index contributed by atoms with van der Waals surface area (Å²) >= 11 is 0. The van der Waals surface area contributed by atoms with Crippen LogP contribution in [0.25, 0.3) is 0 Å². The number of aliphatic hydroxyl groups excluding tert-OH is 2. The molecule has 100 valence electrons. The summed E-state index contributed by atoms with van der Waals surface area (Å²) in [5, 5.41) is 17.4. The fourth-order valence-corrected chi connectivity index (χ4v) is 1.70. The molecule has 0 amide bonds. The number of carbonyl (C=O) groups is 1. The van der Waals surface area contributed by atoms with E-state index >= 15 is 0 Å². The maximum absolute atomic E-state index is 11.3. The van der Waals surface area contributed by atoms with E-state index in [-0.39, 0.29) is 6.54 Å². The Morgan fingerprint density at radius 2 is 2.18 bits per heavy atom. The Hall–Kier alpha value is -0.600. The van der Waals surface area contributed by atoms with Crippen molar-refractivity contribution in [2.24, 2.45) is 5.73 Å². The van der Waals surface area contributed by atoms with Crippen LogP contribution < -0.4 is 5.73 Å². The van der Waals surface area contributed by atoms with E-state index in [1.54, 1.807) is 0 Å². The number of phosphoric ester groups is 1. The van der Waals surface area contributed by atoms with Crippen LogP contribution in [0.15, 0.2) is 12.7 Å². The average Bonchev–Trinajstić information content (AvgIpc) is 2.32. The van der Waals surface area contributed by atoms with Crippen LogP contribution in [0, 0.1) is 0 Å². The molecule has 0 aromatic rings. The fraction of sp³-hybridized carbons (Fsp3) is 0.625. The zero-order valence-corrected chi connectivity index (χ0v) is 9.95. The largest absolute Gasteiger partial charge is 0.473 e. The molecule has 3 atom stereocenters. The molecule has 0 heterocycles. The van der Waals surface area contributed by atoms with Gasteiger partial charge in [0.15, 0.2) is 5.78 Å². The van der Waals surface area contributed by atoms with Crippen LogP contribution in [0.1, 0.15) is 0 Å². The zero-order valence-electron chi connectivity index (χ0n) is 9.06. The standard InChI is InChI=1S/C8H16NO7P/c1-2-7(12)8(3-9)16-17(13,14)15-5-6(11)4-10/h2,6,8,10-11H,1,3-5,9H2,(H,13,14). The molecule has 0 rings (SSSR count). The van der Waals surface area contributed by atoms with Crippen molar-refractivity contribution in [1.29, 1.82) is 0 Å². The van der Waals surface area contributed by atoms with Gasteiger partial charge in [-0.15, -0.1) is 0 Å². The highest BCUT2D eigenvalue weighted by atomic mass is 31.2. The topological polar surface area (TPSA) is 139 Å². The van der Waals surface area contributed by atoms with Crippen LogP contribution in [-0.4, -0.2) is 52.9 Å². The fourth-order valence-electron chi connectivity index (χ4n) is 0.767.